The number of Topliss-reactive ketones (excluding diaryl/α,β-unsaturated/α-hetero) is 1. The standard InChI is InChI=1S/C26H23ClN2O4/c1-15(2)33-19-11-9-17(10-12-19)24(30)22-23(18-6-5-13-28-14-18)29(26(32)25(22)31)21-8-4-7-20(27)16(21)3/h4-15,23,30H,1-3H3/b24-22+. The molecule has 1 amide bonds. The van der Waals surface area contributed by atoms with E-state index in [4.69, 9.17) is 16.3 Å². The summed E-state index contributed by atoms with van der Waals surface area (Å²) in [5.74, 6) is -1.14. The Balaban J connectivity index is 1.88. The van der Waals surface area contributed by atoms with Gasteiger partial charge >= 0.3 is 0 Å². The largest absolute Gasteiger partial charge is 0.507 e. The van der Waals surface area contributed by atoms with Gasteiger partial charge in [-0.25, -0.2) is 0 Å². The molecule has 0 saturated carbocycles. The molecular weight excluding hydrogens is 440 g/mol. The topological polar surface area (TPSA) is 79.7 Å². The zero-order valence-corrected chi connectivity index (χ0v) is 19.2. The van der Waals surface area contributed by atoms with E-state index in [1.54, 1.807) is 73.9 Å². The van der Waals surface area contributed by atoms with Crippen LogP contribution in [0, 0.1) is 6.92 Å². The monoisotopic (exact) mass is 462 g/mol. The number of pyridine rings is 1. The number of nitrogens with zero attached hydrogens (tertiary/aromatic N) is 2. The van der Waals surface area contributed by atoms with Crippen molar-refractivity contribution in [1.82, 2.24) is 4.98 Å². The van der Waals surface area contributed by atoms with Crippen molar-refractivity contribution in [2.24, 2.45) is 0 Å². The average Bonchev–Trinajstić information content (AvgIpc) is 3.06. The lowest BCUT2D eigenvalue weighted by molar-refractivity contribution is -0.132. The summed E-state index contributed by atoms with van der Waals surface area (Å²) in [5.41, 5.74) is 2.14. The fourth-order valence-electron chi connectivity index (χ4n) is 3.91. The summed E-state index contributed by atoms with van der Waals surface area (Å²) >= 11 is 6.31. The molecule has 1 fully saturated rings. The van der Waals surface area contributed by atoms with Gasteiger partial charge in [0.25, 0.3) is 11.7 Å². The van der Waals surface area contributed by atoms with E-state index in [2.05, 4.69) is 4.98 Å². The first-order valence-corrected chi connectivity index (χ1v) is 10.9. The van der Waals surface area contributed by atoms with Crippen LogP contribution < -0.4 is 9.64 Å². The Labute approximate surface area is 197 Å². The van der Waals surface area contributed by atoms with Crippen LogP contribution in [0.5, 0.6) is 5.75 Å². The molecule has 1 aliphatic heterocycles. The fourth-order valence-corrected chi connectivity index (χ4v) is 4.08. The van der Waals surface area contributed by atoms with Crippen molar-refractivity contribution >= 4 is 34.7 Å². The molecule has 1 N–H and O–H groups in total. The number of anilines is 1. The van der Waals surface area contributed by atoms with E-state index in [0.717, 1.165) is 0 Å². The Morgan fingerprint density at radius 3 is 2.45 bits per heavy atom. The van der Waals surface area contributed by atoms with Crippen LogP contribution in [-0.2, 0) is 9.59 Å². The molecule has 0 aliphatic carbocycles. The molecule has 2 heterocycles. The number of halogens is 1. The maximum atomic E-state index is 13.2. The summed E-state index contributed by atoms with van der Waals surface area (Å²) < 4.78 is 5.65. The molecule has 0 spiro atoms. The summed E-state index contributed by atoms with van der Waals surface area (Å²) in [5, 5.41) is 11.7. The Morgan fingerprint density at radius 1 is 1.09 bits per heavy atom. The zero-order valence-electron chi connectivity index (χ0n) is 18.4. The molecule has 4 rings (SSSR count). The molecule has 1 aliphatic rings. The molecule has 0 bridgehead atoms. The van der Waals surface area contributed by atoms with Crippen LogP contribution in [0.25, 0.3) is 5.76 Å². The quantitative estimate of drug-likeness (QED) is 0.309. The number of rotatable bonds is 5. The van der Waals surface area contributed by atoms with Crippen LogP contribution in [0.1, 0.15) is 36.6 Å². The molecule has 1 saturated heterocycles. The van der Waals surface area contributed by atoms with E-state index >= 15 is 0 Å². The second-order valence-corrected chi connectivity index (χ2v) is 8.44. The maximum Gasteiger partial charge on any atom is 0.300 e. The number of ether oxygens (including phenoxy) is 1. The van der Waals surface area contributed by atoms with E-state index in [-0.39, 0.29) is 17.4 Å². The predicted molar refractivity (Wildman–Crippen MR) is 127 cm³/mol. The number of aromatic nitrogens is 1. The molecule has 33 heavy (non-hydrogen) atoms. The van der Waals surface area contributed by atoms with Crippen LogP contribution in [-0.4, -0.2) is 27.9 Å². The molecule has 1 unspecified atom stereocenters. The van der Waals surface area contributed by atoms with E-state index in [0.29, 0.717) is 33.1 Å². The first kappa shape index (κ1) is 22.6. The third-order valence-electron chi connectivity index (χ3n) is 5.44. The van der Waals surface area contributed by atoms with Gasteiger partial charge in [0.1, 0.15) is 11.5 Å². The number of amides is 1. The van der Waals surface area contributed by atoms with Crippen LogP contribution in [0.2, 0.25) is 5.02 Å². The van der Waals surface area contributed by atoms with Crippen molar-refractivity contribution in [1.29, 1.82) is 0 Å². The number of benzene rings is 2. The molecule has 0 radical (unpaired) electrons. The lowest BCUT2D eigenvalue weighted by atomic mass is 9.96. The smallest absolute Gasteiger partial charge is 0.300 e. The van der Waals surface area contributed by atoms with Gasteiger partial charge in [0.15, 0.2) is 0 Å². The molecule has 1 atom stereocenters. The van der Waals surface area contributed by atoms with Gasteiger partial charge in [-0.05, 0) is 74.4 Å². The highest BCUT2D eigenvalue weighted by atomic mass is 35.5. The van der Waals surface area contributed by atoms with Crippen molar-refractivity contribution in [3.05, 3.63) is 94.3 Å². The highest BCUT2D eigenvalue weighted by molar-refractivity contribution is 6.52. The second-order valence-electron chi connectivity index (χ2n) is 8.03. The van der Waals surface area contributed by atoms with E-state index in [1.165, 1.54) is 4.90 Å². The Morgan fingerprint density at radius 2 is 1.82 bits per heavy atom. The predicted octanol–water partition coefficient (Wildman–Crippen LogP) is 5.46. The van der Waals surface area contributed by atoms with Gasteiger partial charge in [-0.1, -0.05) is 23.7 Å². The van der Waals surface area contributed by atoms with Gasteiger partial charge in [0, 0.05) is 28.7 Å². The first-order chi connectivity index (χ1) is 15.8. The minimum Gasteiger partial charge on any atom is -0.507 e. The molecule has 2 aromatic carbocycles. The summed E-state index contributed by atoms with van der Waals surface area (Å²) in [7, 11) is 0. The van der Waals surface area contributed by atoms with Crippen molar-refractivity contribution < 1.29 is 19.4 Å². The third-order valence-corrected chi connectivity index (χ3v) is 5.85. The van der Waals surface area contributed by atoms with Crippen LogP contribution in [0.3, 0.4) is 0 Å². The van der Waals surface area contributed by atoms with Gasteiger partial charge < -0.3 is 9.84 Å². The normalized spacial score (nSPS) is 17.6. The van der Waals surface area contributed by atoms with Gasteiger partial charge in [-0.15, -0.1) is 0 Å². The first-order valence-electron chi connectivity index (χ1n) is 10.5. The molecule has 168 valence electrons. The van der Waals surface area contributed by atoms with Crippen LogP contribution in [0.4, 0.5) is 5.69 Å². The number of aliphatic hydroxyl groups excluding tert-OH is 1. The van der Waals surface area contributed by atoms with Crippen molar-refractivity contribution in [3.63, 3.8) is 0 Å². The number of ketones is 1. The van der Waals surface area contributed by atoms with Gasteiger partial charge in [0.2, 0.25) is 0 Å². The molecule has 6 nitrogen and oxygen atoms in total. The van der Waals surface area contributed by atoms with Gasteiger partial charge in [-0.3, -0.25) is 19.5 Å². The van der Waals surface area contributed by atoms with Gasteiger partial charge in [0.05, 0.1) is 17.7 Å². The molecular formula is C26H23ClN2O4. The highest BCUT2D eigenvalue weighted by Crippen LogP contribution is 2.43. The average molecular weight is 463 g/mol. The van der Waals surface area contributed by atoms with E-state index in [1.807, 2.05) is 13.8 Å². The minimum absolute atomic E-state index is 0.00119. The van der Waals surface area contributed by atoms with Crippen LogP contribution in [0.15, 0.2) is 72.6 Å². The second kappa shape index (κ2) is 9.08. The number of hydrogen-bond acceptors (Lipinski definition) is 5. The lowest BCUT2D eigenvalue weighted by Gasteiger charge is -2.26. The SMILES string of the molecule is Cc1c(Cl)cccc1N1C(=O)C(=O)/C(=C(/O)c2ccc(OC(C)C)cc2)C1c1cccnc1. The highest BCUT2D eigenvalue weighted by Gasteiger charge is 2.47. The molecule has 7 heteroatoms. The summed E-state index contributed by atoms with van der Waals surface area (Å²) in [6.45, 7) is 5.62. The van der Waals surface area contributed by atoms with Crippen molar-refractivity contribution in [2.75, 3.05) is 4.90 Å². The number of carbonyl (C=O) groups excluding carboxylic acids is 2. The Bertz CT molecular complexity index is 1240. The van der Waals surface area contributed by atoms with Crippen molar-refractivity contribution in [3.8, 4) is 5.75 Å². The zero-order chi connectivity index (χ0) is 23.7. The van der Waals surface area contributed by atoms with Gasteiger partial charge in [-0.2, -0.15) is 0 Å². The van der Waals surface area contributed by atoms with E-state index in [9.17, 15) is 14.7 Å². The van der Waals surface area contributed by atoms with E-state index < -0.39 is 17.7 Å². The summed E-state index contributed by atoms with van der Waals surface area (Å²) in [6, 6.07) is 14.5. The lowest BCUT2D eigenvalue weighted by Crippen LogP contribution is -2.30. The fraction of sp³-hybridized carbons (Fsp3) is 0.192. The molecule has 1 aromatic heterocycles. The number of hydrogen-bond donors (Lipinski definition) is 1. The van der Waals surface area contributed by atoms with Crippen molar-refractivity contribution in [2.45, 2.75) is 32.9 Å². The third kappa shape index (κ3) is 4.22. The number of aliphatic hydroxyl groups is 1. The number of carbonyl (C=O) groups is 2. The van der Waals surface area contributed by atoms with Crippen LogP contribution >= 0.6 is 11.6 Å². The Kier molecular flexibility index (Phi) is 6.20. The molecule has 3 aromatic rings. The summed E-state index contributed by atoms with van der Waals surface area (Å²) in [4.78, 5) is 32.0. The summed E-state index contributed by atoms with van der Waals surface area (Å²) in [6.07, 6.45) is 3.19. The Hall–Kier alpha value is -3.64. The maximum absolute atomic E-state index is 13.2. The minimum atomic E-state index is -0.859.